The van der Waals surface area contributed by atoms with Gasteiger partial charge in [-0.2, -0.15) is 0 Å². The number of rotatable bonds is 6. The van der Waals surface area contributed by atoms with Crippen LogP contribution in [0.4, 0.5) is 0 Å². The monoisotopic (exact) mass is 542 g/mol. The standard InChI is InChI=1S/C13H14N2O8S.W/c16-9-3-1-5-14(8-9)6-2-4-12(18)23-15-11(17)7-10(13(15)19)24(20,21)22;/h1,3,10H,2,4,6-8H2,(H,20,21,22);. The second-order valence-electron chi connectivity index (χ2n) is 5.36. The quantitative estimate of drug-likeness (QED) is 0.310. The molecule has 0 aliphatic carbocycles. The number of ketones is 1. The summed E-state index contributed by atoms with van der Waals surface area (Å²) >= 11 is 1.17. The van der Waals surface area contributed by atoms with E-state index in [1.165, 1.54) is 25.4 Å². The second kappa shape index (κ2) is 7.77. The van der Waals surface area contributed by atoms with Crippen molar-refractivity contribution in [3.05, 3.63) is 12.2 Å². The average molecular weight is 542 g/mol. The van der Waals surface area contributed by atoms with E-state index >= 15 is 0 Å². The number of carbonyl (C=O) groups excluding carboxylic acids is 4. The van der Waals surface area contributed by atoms with E-state index < -0.39 is 39.6 Å². The number of amides is 2. The first-order chi connectivity index (χ1) is 11.6. The van der Waals surface area contributed by atoms with Crippen molar-refractivity contribution in [3.8, 4) is 0 Å². The Balaban J connectivity index is 1.83. The van der Waals surface area contributed by atoms with Crippen molar-refractivity contribution in [1.82, 2.24) is 9.96 Å². The molecular formula is C13H14N2O8SW. The van der Waals surface area contributed by atoms with Crippen molar-refractivity contribution in [2.24, 2.45) is 0 Å². The molecule has 2 heterocycles. The van der Waals surface area contributed by atoms with E-state index in [0.717, 1.165) is 4.02 Å². The van der Waals surface area contributed by atoms with Gasteiger partial charge in [-0.05, 0) is 0 Å². The number of hydrogen-bond donors (Lipinski definition) is 1. The summed E-state index contributed by atoms with van der Waals surface area (Å²) in [5, 5.41) is -1.87. The predicted molar refractivity (Wildman–Crippen MR) is 77.9 cm³/mol. The van der Waals surface area contributed by atoms with Crippen LogP contribution in [0.1, 0.15) is 19.3 Å². The number of hydroxylamine groups is 2. The molecule has 0 saturated carbocycles. The molecule has 1 N–H and O–H groups in total. The van der Waals surface area contributed by atoms with Crippen LogP contribution in [-0.4, -0.2) is 68.9 Å². The fourth-order valence-electron chi connectivity index (χ4n) is 2.25. The van der Waals surface area contributed by atoms with Gasteiger partial charge in [-0.1, -0.05) is 0 Å². The molecule has 0 aromatic heterocycles. The summed E-state index contributed by atoms with van der Waals surface area (Å²) < 4.78 is 31.8. The van der Waals surface area contributed by atoms with Crippen molar-refractivity contribution >= 4 is 37.7 Å². The summed E-state index contributed by atoms with van der Waals surface area (Å²) in [5.41, 5.74) is 0. The Bertz CT molecular complexity index is 775. The van der Waals surface area contributed by atoms with Gasteiger partial charge in [-0.15, -0.1) is 0 Å². The van der Waals surface area contributed by atoms with Crippen molar-refractivity contribution in [1.29, 1.82) is 0 Å². The molecule has 0 spiro atoms. The van der Waals surface area contributed by atoms with Gasteiger partial charge in [-0.3, -0.25) is 0 Å². The van der Waals surface area contributed by atoms with E-state index in [-0.39, 0.29) is 23.8 Å². The van der Waals surface area contributed by atoms with Crippen LogP contribution in [0.2, 0.25) is 0 Å². The van der Waals surface area contributed by atoms with Crippen LogP contribution in [0.3, 0.4) is 0 Å². The Kier molecular flexibility index (Phi) is 6.15. The zero-order valence-electron chi connectivity index (χ0n) is 12.8. The maximum atomic E-state index is 11.8. The zero-order valence-corrected chi connectivity index (χ0v) is 16.5. The fourth-order valence-corrected chi connectivity index (χ4v) is 3.76. The van der Waals surface area contributed by atoms with Crippen LogP contribution in [0.25, 0.3) is 0 Å². The summed E-state index contributed by atoms with van der Waals surface area (Å²) in [5.74, 6) is -3.24. The number of imide groups is 1. The van der Waals surface area contributed by atoms with Crippen LogP contribution < -0.4 is 0 Å². The van der Waals surface area contributed by atoms with E-state index in [1.54, 1.807) is 6.08 Å². The van der Waals surface area contributed by atoms with Crippen molar-refractivity contribution in [3.63, 3.8) is 0 Å². The molecule has 10 nitrogen and oxygen atoms in total. The van der Waals surface area contributed by atoms with E-state index in [4.69, 9.17) is 4.55 Å². The fraction of sp³-hybridized carbons (Fsp3) is 0.462. The van der Waals surface area contributed by atoms with Crippen LogP contribution >= 0.6 is 0 Å². The van der Waals surface area contributed by atoms with E-state index in [2.05, 4.69) is 4.84 Å². The molecule has 0 radical (unpaired) electrons. The van der Waals surface area contributed by atoms with Crippen LogP contribution in [0.15, 0.2) is 12.2 Å². The number of carbonyl (C=O) groups is 4. The van der Waals surface area contributed by atoms with Crippen LogP contribution in [0, 0.1) is 0 Å². The number of hydrogen-bond acceptors (Lipinski definition) is 8. The molecule has 25 heavy (non-hydrogen) atoms. The van der Waals surface area contributed by atoms with E-state index in [9.17, 15) is 27.6 Å². The van der Waals surface area contributed by atoms with Gasteiger partial charge < -0.3 is 0 Å². The summed E-state index contributed by atoms with van der Waals surface area (Å²) in [6, 6.07) is 0. The third-order valence-electron chi connectivity index (χ3n) is 3.49. The van der Waals surface area contributed by atoms with Gasteiger partial charge in [0.05, 0.1) is 0 Å². The Hall–Kier alpha value is -1.55. The molecule has 2 rings (SSSR count). The topological polar surface area (TPSA) is 138 Å². The van der Waals surface area contributed by atoms with Gasteiger partial charge >= 0.3 is 154 Å². The van der Waals surface area contributed by atoms with Crippen LogP contribution in [0.5, 0.6) is 0 Å². The van der Waals surface area contributed by atoms with Gasteiger partial charge in [0, 0.05) is 0 Å². The molecular weight excluding hydrogens is 528 g/mol. The van der Waals surface area contributed by atoms with E-state index in [1.807, 2.05) is 4.90 Å². The van der Waals surface area contributed by atoms with Gasteiger partial charge in [0.15, 0.2) is 0 Å². The van der Waals surface area contributed by atoms with Crippen molar-refractivity contribution in [2.75, 3.05) is 13.1 Å². The molecule has 2 aliphatic heterocycles. The predicted octanol–water partition coefficient (Wildman–Crippen LogP) is -1.64. The third-order valence-corrected chi connectivity index (χ3v) is 6.00. The molecule has 1 saturated heterocycles. The first kappa shape index (κ1) is 19.8. The average Bonchev–Trinajstić information content (AvgIpc) is 2.79. The minimum absolute atomic E-state index is 0.0444. The molecule has 0 aromatic carbocycles. The maximum absolute atomic E-state index is 11.8. The summed E-state index contributed by atoms with van der Waals surface area (Å²) in [6.45, 7) is 0.642. The molecule has 136 valence electrons. The van der Waals surface area contributed by atoms with Crippen LogP contribution in [-0.2, 0) is 53.5 Å². The molecule has 1 unspecified atom stereocenters. The molecule has 1 atom stereocenters. The normalized spacial score (nSPS) is 22.0. The van der Waals surface area contributed by atoms with Crippen molar-refractivity contribution < 1.29 is 56.3 Å². The van der Waals surface area contributed by atoms with E-state index in [0.29, 0.717) is 13.0 Å². The molecule has 2 amide bonds. The Morgan fingerprint density at radius 1 is 1.32 bits per heavy atom. The zero-order chi connectivity index (χ0) is 18.8. The van der Waals surface area contributed by atoms with Gasteiger partial charge in [-0.25, -0.2) is 0 Å². The molecule has 12 heteroatoms. The molecule has 1 fully saturated rings. The summed E-state index contributed by atoms with van der Waals surface area (Å²) in [7, 11) is -4.75. The minimum atomic E-state index is -4.75. The first-order valence-corrected chi connectivity index (χ1v) is 10.1. The first-order valence-electron chi connectivity index (χ1n) is 7.13. The molecule has 0 aromatic rings. The second-order valence-corrected chi connectivity index (χ2v) is 8.46. The van der Waals surface area contributed by atoms with Gasteiger partial charge in [0.1, 0.15) is 0 Å². The summed E-state index contributed by atoms with van der Waals surface area (Å²) in [4.78, 5) is 52.8. The van der Waals surface area contributed by atoms with Gasteiger partial charge in [0.25, 0.3) is 0 Å². The third kappa shape index (κ3) is 4.97. The molecule has 2 aliphatic rings. The Morgan fingerprint density at radius 3 is 2.60 bits per heavy atom. The Morgan fingerprint density at radius 2 is 2.00 bits per heavy atom. The van der Waals surface area contributed by atoms with Gasteiger partial charge in [0.2, 0.25) is 0 Å². The SMILES string of the molecule is O=C1C=C[C](=[W])N(CCCC(=O)ON2C(=O)CC(S(=O)(=O)O)C2=O)C1. The van der Waals surface area contributed by atoms with Crippen molar-refractivity contribution in [2.45, 2.75) is 24.5 Å². The number of nitrogens with zero attached hydrogens (tertiary/aromatic N) is 2. The summed E-state index contributed by atoms with van der Waals surface area (Å²) in [6.07, 6.45) is 2.60. The molecule has 0 bridgehead atoms. The Labute approximate surface area is 153 Å².